The highest BCUT2D eigenvalue weighted by atomic mass is 16.4. The summed E-state index contributed by atoms with van der Waals surface area (Å²) in [6.07, 6.45) is 9.70. The average molecular weight is 473 g/mol. The van der Waals surface area contributed by atoms with Crippen LogP contribution in [0, 0.1) is 50.2 Å². The van der Waals surface area contributed by atoms with Gasteiger partial charge in [0.25, 0.3) is 0 Å². The number of aliphatic hydroxyl groups is 2. The Labute approximate surface area is 206 Å². The van der Waals surface area contributed by atoms with Crippen LogP contribution in [-0.2, 0) is 4.79 Å². The second kappa shape index (κ2) is 7.12. The third kappa shape index (κ3) is 2.76. The van der Waals surface area contributed by atoms with Crippen molar-refractivity contribution in [3.8, 4) is 0 Å². The van der Waals surface area contributed by atoms with Crippen LogP contribution in [0.4, 0.5) is 0 Å². The summed E-state index contributed by atoms with van der Waals surface area (Å²) in [6, 6.07) is 0. The van der Waals surface area contributed by atoms with E-state index in [0.717, 1.165) is 44.9 Å². The van der Waals surface area contributed by atoms with E-state index in [1.807, 2.05) is 0 Å². The molecule has 0 aromatic rings. The van der Waals surface area contributed by atoms with Crippen LogP contribution in [0.15, 0.2) is 11.6 Å². The van der Waals surface area contributed by atoms with E-state index in [9.17, 15) is 20.1 Å². The quantitative estimate of drug-likeness (QED) is 0.397. The van der Waals surface area contributed by atoms with Crippen LogP contribution >= 0.6 is 0 Å². The Hall–Kier alpha value is -0.870. The maximum absolute atomic E-state index is 12.8. The molecule has 0 aromatic heterocycles. The molecule has 3 N–H and O–H groups in total. The summed E-state index contributed by atoms with van der Waals surface area (Å²) in [5.74, 6) is 0.0213. The lowest BCUT2D eigenvalue weighted by molar-refractivity contribution is -0.212. The van der Waals surface area contributed by atoms with Crippen LogP contribution < -0.4 is 0 Å². The minimum atomic E-state index is -0.832. The van der Waals surface area contributed by atoms with E-state index in [1.54, 1.807) is 0 Å². The number of hydrogen-bond acceptors (Lipinski definition) is 3. The van der Waals surface area contributed by atoms with Crippen molar-refractivity contribution in [1.29, 1.82) is 0 Å². The fraction of sp³-hybridized carbons (Fsp3) is 0.900. The van der Waals surface area contributed by atoms with Crippen LogP contribution in [0.5, 0.6) is 0 Å². The van der Waals surface area contributed by atoms with E-state index in [0.29, 0.717) is 24.7 Å². The summed E-state index contributed by atoms with van der Waals surface area (Å²) < 4.78 is 0. The smallest absolute Gasteiger partial charge is 0.310 e. The molecule has 0 saturated heterocycles. The molecule has 5 aliphatic carbocycles. The van der Waals surface area contributed by atoms with Gasteiger partial charge in [0.2, 0.25) is 0 Å². The molecular formula is C30H48O4. The highest BCUT2D eigenvalue weighted by Crippen LogP contribution is 2.75. The number of allylic oxidation sites excluding steroid dienone is 1. The zero-order valence-corrected chi connectivity index (χ0v) is 22.6. The second-order valence-electron chi connectivity index (χ2n) is 15.0. The Balaban J connectivity index is 1.62. The van der Waals surface area contributed by atoms with Crippen molar-refractivity contribution in [2.45, 2.75) is 118 Å². The maximum Gasteiger partial charge on any atom is 0.310 e. The van der Waals surface area contributed by atoms with Gasteiger partial charge in [-0.3, -0.25) is 4.79 Å². The largest absolute Gasteiger partial charge is 0.481 e. The lowest BCUT2D eigenvalue weighted by Crippen LogP contribution is -2.66. The Kier molecular flexibility index (Phi) is 5.20. The lowest BCUT2D eigenvalue weighted by atomic mass is 9.33. The molecule has 0 aromatic carbocycles. The normalized spacial score (nSPS) is 53.4. The van der Waals surface area contributed by atoms with Gasteiger partial charge in [0.05, 0.1) is 17.6 Å². The predicted octanol–water partition coefficient (Wildman–Crippen LogP) is 6.20. The van der Waals surface area contributed by atoms with E-state index in [1.165, 1.54) is 5.57 Å². The van der Waals surface area contributed by atoms with E-state index >= 15 is 0 Å². The van der Waals surface area contributed by atoms with Gasteiger partial charge in [-0.2, -0.15) is 0 Å². The number of carboxylic acid groups (broad SMARTS) is 1. The summed E-state index contributed by atoms with van der Waals surface area (Å²) >= 11 is 0. The molecule has 4 saturated carbocycles. The molecule has 0 radical (unpaired) electrons. The Bertz CT molecular complexity index is 919. The minimum absolute atomic E-state index is 0.0756. The molecule has 9 atom stereocenters. The third-order valence-electron chi connectivity index (χ3n) is 13.3. The number of hydrogen-bond donors (Lipinski definition) is 3. The van der Waals surface area contributed by atoms with Gasteiger partial charge in [-0.15, -0.1) is 0 Å². The van der Waals surface area contributed by atoms with E-state index < -0.39 is 17.5 Å². The monoisotopic (exact) mass is 472 g/mol. The molecule has 5 aliphatic rings. The lowest BCUT2D eigenvalue weighted by Gasteiger charge is -2.71. The van der Waals surface area contributed by atoms with E-state index in [4.69, 9.17) is 0 Å². The van der Waals surface area contributed by atoms with Gasteiger partial charge in [0, 0.05) is 5.92 Å². The van der Waals surface area contributed by atoms with Crippen molar-refractivity contribution in [3.05, 3.63) is 11.6 Å². The topological polar surface area (TPSA) is 77.8 Å². The highest BCUT2D eigenvalue weighted by Gasteiger charge is 2.70. The molecule has 4 heteroatoms. The second-order valence-corrected chi connectivity index (χ2v) is 15.0. The van der Waals surface area contributed by atoms with E-state index in [2.05, 4.69) is 54.5 Å². The molecule has 4 fully saturated rings. The SMILES string of the molecule is CC1(C)CC[C@]2(C(=O)O)CC[C@]3(C)C(=CC[C@@H]4[C@@]5(C)CC[C@H](O)C(C)(C)[C@H]5CC[C@]43C)[C@H]2[C@@H]1O. The van der Waals surface area contributed by atoms with Crippen molar-refractivity contribution in [2.75, 3.05) is 0 Å². The minimum Gasteiger partial charge on any atom is -0.481 e. The summed E-state index contributed by atoms with van der Waals surface area (Å²) in [7, 11) is 0. The molecule has 4 nitrogen and oxygen atoms in total. The number of fused-ring (bicyclic) bond motifs is 7. The molecule has 0 spiro atoms. The predicted molar refractivity (Wildman–Crippen MR) is 134 cm³/mol. The van der Waals surface area contributed by atoms with Crippen LogP contribution in [-0.4, -0.2) is 33.5 Å². The summed E-state index contributed by atoms with van der Waals surface area (Å²) in [4.78, 5) is 12.8. The molecule has 0 aliphatic heterocycles. The van der Waals surface area contributed by atoms with E-state index in [-0.39, 0.29) is 39.1 Å². The molecule has 0 unspecified atom stereocenters. The third-order valence-corrected chi connectivity index (χ3v) is 13.3. The Morgan fingerprint density at radius 3 is 2.15 bits per heavy atom. The Morgan fingerprint density at radius 2 is 1.50 bits per heavy atom. The molecule has 0 heterocycles. The summed E-state index contributed by atoms with van der Waals surface area (Å²) in [6.45, 7) is 16.2. The van der Waals surface area contributed by atoms with Gasteiger partial charge in [-0.05, 0) is 96.7 Å². The van der Waals surface area contributed by atoms with Crippen LogP contribution in [0.3, 0.4) is 0 Å². The van der Waals surface area contributed by atoms with Crippen molar-refractivity contribution in [2.24, 2.45) is 50.2 Å². The average Bonchev–Trinajstić information content (AvgIpc) is 2.74. The van der Waals surface area contributed by atoms with Crippen molar-refractivity contribution in [3.63, 3.8) is 0 Å². The number of carboxylic acids is 1. The van der Waals surface area contributed by atoms with Gasteiger partial charge in [-0.1, -0.05) is 60.1 Å². The van der Waals surface area contributed by atoms with Crippen LogP contribution in [0.1, 0.15) is 106 Å². The van der Waals surface area contributed by atoms with Gasteiger partial charge < -0.3 is 15.3 Å². The van der Waals surface area contributed by atoms with Crippen LogP contribution in [0.2, 0.25) is 0 Å². The molecule has 192 valence electrons. The molecule has 34 heavy (non-hydrogen) atoms. The maximum atomic E-state index is 12.8. The molecular weight excluding hydrogens is 424 g/mol. The molecule has 5 rings (SSSR count). The molecule has 0 amide bonds. The summed E-state index contributed by atoms with van der Waals surface area (Å²) in [5.41, 5.74) is 0.238. The van der Waals surface area contributed by atoms with Gasteiger partial charge in [0.15, 0.2) is 0 Å². The first-order valence-corrected chi connectivity index (χ1v) is 13.9. The summed E-state index contributed by atoms with van der Waals surface area (Å²) in [5, 5.41) is 33.1. The molecule has 0 bridgehead atoms. The van der Waals surface area contributed by atoms with Gasteiger partial charge in [-0.25, -0.2) is 0 Å². The zero-order valence-electron chi connectivity index (χ0n) is 22.6. The zero-order chi connectivity index (χ0) is 25.1. The van der Waals surface area contributed by atoms with Gasteiger partial charge in [0.1, 0.15) is 0 Å². The standard InChI is InChI=1S/C30H48O4/c1-25(2)14-16-30(24(33)34)17-15-28(6)18(22(30)23(25)32)8-9-20-27(5)12-11-21(31)26(3,4)19(27)10-13-29(20,28)7/h8,19-23,31-32H,9-17H2,1-7H3,(H,33,34)/t19-,20-,21+,22+,23+,27+,28-,29-,30+/m1/s1. The highest BCUT2D eigenvalue weighted by molar-refractivity contribution is 5.77. The number of aliphatic carboxylic acids is 1. The van der Waals surface area contributed by atoms with Gasteiger partial charge >= 0.3 is 5.97 Å². The Morgan fingerprint density at radius 1 is 0.853 bits per heavy atom. The number of carbonyl (C=O) groups is 1. The fourth-order valence-electron chi connectivity index (χ4n) is 10.6. The first kappa shape index (κ1) is 24.8. The first-order valence-electron chi connectivity index (χ1n) is 13.9. The van der Waals surface area contributed by atoms with Crippen molar-refractivity contribution in [1.82, 2.24) is 0 Å². The van der Waals surface area contributed by atoms with Crippen LogP contribution in [0.25, 0.3) is 0 Å². The first-order chi connectivity index (χ1) is 15.6. The number of aliphatic hydroxyl groups excluding tert-OH is 2. The number of rotatable bonds is 1. The fourth-order valence-corrected chi connectivity index (χ4v) is 10.6. The van der Waals surface area contributed by atoms with Crippen molar-refractivity contribution < 1.29 is 20.1 Å². The van der Waals surface area contributed by atoms with Crippen molar-refractivity contribution >= 4 is 5.97 Å².